The second-order valence-electron chi connectivity index (χ2n) is 8.89. The van der Waals surface area contributed by atoms with Crippen LogP contribution in [-0.4, -0.2) is 118 Å². The minimum atomic E-state index is -2.75. The second kappa shape index (κ2) is 11.4. The number of hydrogen-bond acceptors (Lipinski definition) is 5. The maximum atomic E-state index is 13.7. The summed E-state index contributed by atoms with van der Waals surface area (Å²) in [6, 6.07) is 0.122. The van der Waals surface area contributed by atoms with Gasteiger partial charge in [0.2, 0.25) is 7.44 Å². The molecule has 2 rings (SSSR count). The van der Waals surface area contributed by atoms with Crippen LogP contribution < -0.4 is 0 Å². The van der Waals surface area contributed by atoms with Crippen LogP contribution in [0.15, 0.2) is 11.6 Å². The molecule has 0 aromatic carbocycles. The maximum absolute atomic E-state index is 13.7. The Morgan fingerprint density at radius 3 is 2.45 bits per heavy atom. The van der Waals surface area contributed by atoms with Gasteiger partial charge in [-0.3, -0.25) is 14.4 Å². The molecule has 0 aliphatic carbocycles. The Morgan fingerprint density at radius 2 is 1.90 bits per heavy atom. The zero-order chi connectivity index (χ0) is 21.6. The molecule has 0 spiro atoms. The molecule has 166 valence electrons. The SMILES string of the molecule is [B]C1CN(C(C)C)CC(COCP(=O)(N(C)C)N2CCN(CC=C(C)C)CC2)O1. The third kappa shape index (κ3) is 7.46. The van der Waals surface area contributed by atoms with Crippen molar-refractivity contribution < 1.29 is 14.0 Å². The van der Waals surface area contributed by atoms with Crippen molar-refractivity contribution in [1.29, 1.82) is 0 Å². The topological polar surface area (TPSA) is 48.5 Å². The zero-order valence-corrected chi connectivity index (χ0v) is 20.1. The number of nitrogens with zero attached hydrogens (tertiary/aromatic N) is 4. The Labute approximate surface area is 179 Å². The fourth-order valence-corrected chi connectivity index (χ4v) is 5.76. The van der Waals surface area contributed by atoms with Crippen LogP contribution >= 0.6 is 7.44 Å². The van der Waals surface area contributed by atoms with E-state index >= 15 is 0 Å². The first kappa shape index (κ1) is 25.1. The van der Waals surface area contributed by atoms with E-state index in [4.69, 9.17) is 17.3 Å². The van der Waals surface area contributed by atoms with E-state index in [-0.39, 0.29) is 18.5 Å². The lowest BCUT2D eigenvalue weighted by Gasteiger charge is -2.42. The summed E-state index contributed by atoms with van der Waals surface area (Å²) in [5.41, 5.74) is 1.33. The van der Waals surface area contributed by atoms with Crippen molar-refractivity contribution in [3.05, 3.63) is 11.6 Å². The molecule has 3 unspecified atom stereocenters. The summed E-state index contributed by atoms with van der Waals surface area (Å²) < 4.78 is 29.5. The summed E-state index contributed by atoms with van der Waals surface area (Å²) in [5.74, 6) is 0. The average Bonchev–Trinajstić information content (AvgIpc) is 2.66. The monoisotopic (exact) mass is 426 g/mol. The maximum Gasteiger partial charge on any atom is 0.241 e. The molecular weight excluding hydrogens is 386 g/mol. The van der Waals surface area contributed by atoms with E-state index in [0.29, 0.717) is 12.6 Å². The molecule has 0 bridgehead atoms. The molecular formula is C20H40BN4O3P. The van der Waals surface area contributed by atoms with Crippen LogP contribution in [0.3, 0.4) is 0 Å². The Bertz CT molecular complexity index is 578. The van der Waals surface area contributed by atoms with Gasteiger partial charge in [-0.05, 0) is 41.8 Å². The van der Waals surface area contributed by atoms with Gasteiger partial charge in [-0.15, -0.1) is 0 Å². The molecule has 2 saturated heterocycles. The Morgan fingerprint density at radius 1 is 1.24 bits per heavy atom. The highest BCUT2D eigenvalue weighted by Gasteiger charge is 2.36. The summed E-state index contributed by atoms with van der Waals surface area (Å²) in [4.78, 5) is 4.71. The van der Waals surface area contributed by atoms with E-state index in [1.165, 1.54) is 5.57 Å². The molecule has 2 aliphatic rings. The standard InChI is InChI=1S/C20H40BN4O3P/c1-17(2)7-8-23-9-11-25(12-10-23)29(26,22(5)6)16-27-15-19-13-24(18(3)4)14-20(21)28-19/h7,18-20H,8-16H2,1-6H3. The van der Waals surface area contributed by atoms with E-state index in [1.807, 2.05) is 18.8 Å². The van der Waals surface area contributed by atoms with Crippen LogP contribution in [0.2, 0.25) is 0 Å². The lowest BCUT2D eigenvalue weighted by Crippen LogP contribution is -2.52. The summed E-state index contributed by atoms with van der Waals surface area (Å²) in [6.45, 7) is 14.9. The first-order chi connectivity index (χ1) is 13.6. The van der Waals surface area contributed by atoms with Gasteiger partial charge in [0.1, 0.15) is 14.2 Å². The first-order valence-corrected chi connectivity index (χ1v) is 12.5. The van der Waals surface area contributed by atoms with Crippen molar-refractivity contribution in [3.8, 4) is 0 Å². The van der Waals surface area contributed by atoms with Gasteiger partial charge in [0.15, 0.2) is 0 Å². The summed E-state index contributed by atoms with van der Waals surface area (Å²) in [6.07, 6.45) is 2.38. The van der Waals surface area contributed by atoms with Crippen LogP contribution in [0.25, 0.3) is 0 Å². The number of ether oxygens (including phenoxy) is 2. The number of hydrogen-bond donors (Lipinski definition) is 0. The van der Waals surface area contributed by atoms with Crippen molar-refractivity contribution in [1.82, 2.24) is 19.1 Å². The second-order valence-corrected chi connectivity index (χ2v) is 11.8. The molecule has 2 radical (unpaired) electrons. The Kier molecular flexibility index (Phi) is 9.87. The van der Waals surface area contributed by atoms with E-state index in [0.717, 1.165) is 45.8 Å². The van der Waals surface area contributed by atoms with Gasteiger partial charge in [-0.25, -0.2) is 9.34 Å². The first-order valence-electron chi connectivity index (χ1n) is 10.7. The van der Waals surface area contributed by atoms with Crippen molar-refractivity contribution in [3.63, 3.8) is 0 Å². The van der Waals surface area contributed by atoms with Gasteiger partial charge in [0.25, 0.3) is 0 Å². The predicted octanol–water partition coefficient (Wildman–Crippen LogP) is 1.90. The highest BCUT2D eigenvalue weighted by molar-refractivity contribution is 7.58. The third-order valence-electron chi connectivity index (χ3n) is 5.69. The molecule has 0 amide bonds. The smallest absolute Gasteiger partial charge is 0.241 e. The van der Waals surface area contributed by atoms with Gasteiger partial charge in [-0.2, -0.15) is 0 Å². The number of rotatable bonds is 9. The van der Waals surface area contributed by atoms with Crippen molar-refractivity contribution in [2.24, 2.45) is 0 Å². The molecule has 9 heteroatoms. The molecule has 2 aliphatic heterocycles. The van der Waals surface area contributed by atoms with E-state index < -0.39 is 7.44 Å². The predicted molar refractivity (Wildman–Crippen MR) is 121 cm³/mol. The Hall–Kier alpha value is -0.205. The molecule has 29 heavy (non-hydrogen) atoms. The van der Waals surface area contributed by atoms with Gasteiger partial charge in [-0.1, -0.05) is 11.6 Å². The van der Waals surface area contributed by atoms with Gasteiger partial charge in [0, 0.05) is 57.9 Å². The van der Waals surface area contributed by atoms with Crippen LogP contribution in [0.4, 0.5) is 0 Å². The quantitative estimate of drug-likeness (QED) is 0.317. The fraction of sp³-hybridized carbons (Fsp3) is 0.900. The van der Waals surface area contributed by atoms with Gasteiger partial charge in [0.05, 0.1) is 12.7 Å². The van der Waals surface area contributed by atoms with Crippen LogP contribution in [0.1, 0.15) is 27.7 Å². The molecule has 2 fully saturated rings. The number of piperazine rings is 1. The van der Waals surface area contributed by atoms with E-state index in [9.17, 15) is 4.57 Å². The minimum absolute atomic E-state index is 0.0855. The fourth-order valence-electron chi connectivity index (χ4n) is 3.71. The molecule has 3 atom stereocenters. The normalized spacial score (nSPS) is 27.3. The number of allylic oxidation sites excluding steroid dienone is 1. The summed E-state index contributed by atoms with van der Waals surface area (Å²) >= 11 is 0. The van der Waals surface area contributed by atoms with E-state index in [2.05, 4.69) is 48.2 Å². The van der Waals surface area contributed by atoms with Crippen molar-refractivity contribution in [2.75, 3.05) is 72.9 Å². The minimum Gasteiger partial charge on any atom is -0.380 e. The molecule has 0 aromatic heterocycles. The molecule has 0 saturated carbocycles. The largest absolute Gasteiger partial charge is 0.380 e. The van der Waals surface area contributed by atoms with Crippen molar-refractivity contribution >= 4 is 15.3 Å². The molecule has 0 aromatic rings. The highest BCUT2D eigenvalue weighted by atomic mass is 31.2. The summed E-state index contributed by atoms with van der Waals surface area (Å²) in [7, 11) is 7.05. The van der Waals surface area contributed by atoms with Crippen LogP contribution in [-0.2, 0) is 14.0 Å². The van der Waals surface area contributed by atoms with Crippen molar-refractivity contribution in [2.45, 2.75) is 45.8 Å². The van der Waals surface area contributed by atoms with Gasteiger partial charge >= 0.3 is 0 Å². The van der Waals surface area contributed by atoms with Gasteiger partial charge < -0.3 is 9.47 Å². The third-order valence-corrected chi connectivity index (χ3v) is 8.74. The van der Waals surface area contributed by atoms with Crippen LogP contribution in [0, 0.1) is 0 Å². The molecule has 0 N–H and O–H groups in total. The van der Waals surface area contributed by atoms with Crippen LogP contribution in [0.5, 0.6) is 0 Å². The Balaban J connectivity index is 1.86. The molecule has 7 nitrogen and oxygen atoms in total. The summed E-state index contributed by atoms with van der Waals surface area (Å²) in [5, 5.41) is 0. The zero-order valence-electron chi connectivity index (χ0n) is 19.2. The number of morpholine rings is 1. The highest BCUT2D eigenvalue weighted by Crippen LogP contribution is 2.51. The lowest BCUT2D eigenvalue weighted by atomic mass is 9.96. The molecule has 2 heterocycles. The van der Waals surface area contributed by atoms with E-state index in [1.54, 1.807) is 0 Å². The lowest BCUT2D eigenvalue weighted by molar-refractivity contribution is -0.0878. The average molecular weight is 426 g/mol.